The van der Waals surface area contributed by atoms with Crippen molar-refractivity contribution in [3.8, 4) is 5.75 Å². The van der Waals surface area contributed by atoms with Crippen LogP contribution in [0.3, 0.4) is 0 Å². The number of hydrogen-bond acceptors (Lipinski definition) is 2. The number of rotatable bonds is 5. The van der Waals surface area contributed by atoms with Gasteiger partial charge in [0.1, 0.15) is 11.5 Å². The number of carbonyl (C=O) groups is 1. The van der Waals surface area contributed by atoms with Gasteiger partial charge in [-0.3, -0.25) is 4.79 Å². The van der Waals surface area contributed by atoms with Gasteiger partial charge in [0, 0.05) is 16.8 Å². The lowest BCUT2D eigenvalue weighted by molar-refractivity contribution is -0.119. The van der Waals surface area contributed by atoms with Gasteiger partial charge in [-0.25, -0.2) is 0 Å². The molecule has 0 N–H and O–H groups in total. The molecule has 0 heterocycles. The first kappa shape index (κ1) is 14.3. The van der Waals surface area contributed by atoms with Gasteiger partial charge >= 0.3 is 0 Å². The molecule has 1 saturated carbocycles. The van der Waals surface area contributed by atoms with Crippen LogP contribution in [0.25, 0.3) is 0 Å². The Morgan fingerprint density at radius 1 is 1.24 bits per heavy atom. The molecule has 0 radical (unpaired) electrons. The summed E-state index contributed by atoms with van der Waals surface area (Å²) >= 11 is 3.51. The van der Waals surface area contributed by atoms with Crippen LogP contribution in [-0.2, 0) is 11.2 Å². The van der Waals surface area contributed by atoms with Gasteiger partial charge in [0.25, 0.3) is 0 Å². The summed E-state index contributed by atoms with van der Waals surface area (Å²) in [6, 6.07) is 16.1. The number of hydrogen-bond donors (Lipinski definition) is 0. The van der Waals surface area contributed by atoms with Crippen LogP contribution in [-0.4, -0.2) is 12.9 Å². The standard InChI is InChI=1S/C18H17BrO2/c1-21-14-7-8-17(19)13(9-14)10-18(20)16-11-15(16)12-5-3-2-4-6-12/h2-9,15-16H,10-11H2,1H3. The number of carbonyl (C=O) groups excluding carboxylic acids is 1. The van der Waals surface area contributed by atoms with E-state index in [-0.39, 0.29) is 5.92 Å². The Balaban J connectivity index is 1.68. The Bertz CT molecular complexity index is 652. The number of ketones is 1. The third kappa shape index (κ3) is 3.18. The zero-order valence-electron chi connectivity index (χ0n) is 11.9. The highest BCUT2D eigenvalue weighted by molar-refractivity contribution is 9.10. The minimum absolute atomic E-state index is 0.172. The largest absolute Gasteiger partial charge is 0.497 e. The summed E-state index contributed by atoms with van der Waals surface area (Å²) in [5, 5.41) is 0. The zero-order chi connectivity index (χ0) is 14.8. The second kappa shape index (κ2) is 6.02. The Morgan fingerprint density at radius 2 is 2.00 bits per heavy atom. The topological polar surface area (TPSA) is 26.3 Å². The molecular weight excluding hydrogens is 328 g/mol. The molecule has 1 aliphatic rings. The van der Waals surface area contributed by atoms with E-state index in [1.54, 1.807) is 7.11 Å². The minimum atomic E-state index is 0.172. The third-order valence-corrected chi connectivity index (χ3v) is 4.82. The van der Waals surface area contributed by atoms with Crippen LogP contribution in [0.2, 0.25) is 0 Å². The van der Waals surface area contributed by atoms with Crippen LogP contribution in [0.15, 0.2) is 53.0 Å². The summed E-state index contributed by atoms with van der Waals surface area (Å²) < 4.78 is 6.19. The van der Waals surface area contributed by atoms with Crippen LogP contribution in [0.4, 0.5) is 0 Å². The highest BCUT2D eigenvalue weighted by Gasteiger charge is 2.43. The lowest BCUT2D eigenvalue weighted by Crippen LogP contribution is -2.07. The number of benzene rings is 2. The lowest BCUT2D eigenvalue weighted by Gasteiger charge is -2.07. The van der Waals surface area contributed by atoms with Crippen molar-refractivity contribution < 1.29 is 9.53 Å². The molecule has 0 bridgehead atoms. The first-order chi connectivity index (χ1) is 10.2. The molecule has 0 aliphatic heterocycles. The van der Waals surface area contributed by atoms with E-state index in [9.17, 15) is 4.79 Å². The molecule has 0 spiro atoms. The number of methoxy groups -OCH3 is 1. The van der Waals surface area contributed by atoms with Crippen LogP contribution in [0.5, 0.6) is 5.75 Å². The van der Waals surface area contributed by atoms with Gasteiger partial charge in [-0.1, -0.05) is 46.3 Å². The Hall–Kier alpha value is -1.61. The van der Waals surface area contributed by atoms with Crippen molar-refractivity contribution in [2.24, 2.45) is 5.92 Å². The molecule has 1 aliphatic carbocycles. The van der Waals surface area contributed by atoms with Crippen LogP contribution < -0.4 is 4.74 Å². The van der Waals surface area contributed by atoms with Gasteiger partial charge in [0.15, 0.2) is 0 Å². The van der Waals surface area contributed by atoms with Gasteiger partial charge in [-0.15, -0.1) is 0 Å². The lowest BCUT2D eigenvalue weighted by atomic mass is 10.0. The van der Waals surface area contributed by atoms with Gasteiger partial charge in [0.2, 0.25) is 0 Å². The van der Waals surface area contributed by atoms with Crippen LogP contribution in [0, 0.1) is 5.92 Å². The summed E-state index contributed by atoms with van der Waals surface area (Å²) in [6.45, 7) is 0. The monoisotopic (exact) mass is 344 g/mol. The Morgan fingerprint density at radius 3 is 2.71 bits per heavy atom. The average Bonchev–Trinajstić information content (AvgIpc) is 3.31. The summed E-state index contributed by atoms with van der Waals surface area (Å²) in [6.07, 6.45) is 1.44. The van der Waals surface area contributed by atoms with E-state index in [1.807, 2.05) is 36.4 Å². The molecule has 0 amide bonds. The first-order valence-electron chi connectivity index (χ1n) is 7.09. The first-order valence-corrected chi connectivity index (χ1v) is 7.88. The fourth-order valence-electron chi connectivity index (χ4n) is 2.75. The smallest absolute Gasteiger partial charge is 0.141 e. The van der Waals surface area contributed by atoms with E-state index in [0.29, 0.717) is 18.1 Å². The van der Waals surface area contributed by atoms with Gasteiger partial charge in [-0.05, 0) is 41.7 Å². The van der Waals surface area contributed by atoms with Crippen molar-refractivity contribution in [2.75, 3.05) is 7.11 Å². The normalized spacial score (nSPS) is 20.1. The fourth-order valence-corrected chi connectivity index (χ4v) is 3.14. The summed E-state index contributed by atoms with van der Waals surface area (Å²) in [5.74, 6) is 1.68. The van der Waals surface area contributed by atoms with Gasteiger partial charge < -0.3 is 4.74 Å². The molecule has 108 valence electrons. The van der Waals surface area contributed by atoms with E-state index < -0.39 is 0 Å². The quantitative estimate of drug-likeness (QED) is 0.804. The molecule has 2 unspecified atom stereocenters. The summed E-state index contributed by atoms with van der Waals surface area (Å²) in [5.41, 5.74) is 2.28. The highest BCUT2D eigenvalue weighted by Crippen LogP contribution is 2.48. The SMILES string of the molecule is COc1ccc(Br)c(CC(=O)C2CC2c2ccccc2)c1. The van der Waals surface area contributed by atoms with Crippen LogP contribution >= 0.6 is 15.9 Å². The van der Waals surface area contributed by atoms with Crippen molar-refractivity contribution in [3.05, 3.63) is 64.1 Å². The molecule has 0 aromatic heterocycles. The van der Waals surface area contributed by atoms with E-state index >= 15 is 0 Å². The molecule has 3 heteroatoms. The molecule has 1 fully saturated rings. The second-order valence-electron chi connectivity index (χ2n) is 5.46. The third-order valence-electron chi connectivity index (χ3n) is 4.05. The van der Waals surface area contributed by atoms with E-state index in [4.69, 9.17) is 4.74 Å². The molecule has 2 atom stereocenters. The zero-order valence-corrected chi connectivity index (χ0v) is 13.5. The molecule has 21 heavy (non-hydrogen) atoms. The van der Waals surface area contributed by atoms with Crippen molar-refractivity contribution in [2.45, 2.75) is 18.8 Å². The predicted octanol–water partition coefficient (Wildman–Crippen LogP) is 4.37. The van der Waals surface area contributed by atoms with Crippen molar-refractivity contribution in [1.82, 2.24) is 0 Å². The fraction of sp³-hybridized carbons (Fsp3) is 0.278. The summed E-state index contributed by atoms with van der Waals surface area (Å²) in [7, 11) is 1.64. The van der Waals surface area contributed by atoms with Crippen molar-refractivity contribution in [3.63, 3.8) is 0 Å². The molecule has 2 aromatic rings. The molecule has 2 aromatic carbocycles. The van der Waals surface area contributed by atoms with E-state index in [0.717, 1.165) is 22.2 Å². The maximum atomic E-state index is 12.4. The van der Waals surface area contributed by atoms with Crippen molar-refractivity contribution >= 4 is 21.7 Å². The Labute approximate surface area is 133 Å². The van der Waals surface area contributed by atoms with E-state index in [1.165, 1.54) is 5.56 Å². The maximum absolute atomic E-state index is 12.4. The van der Waals surface area contributed by atoms with Crippen LogP contribution in [0.1, 0.15) is 23.5 Å². The average molecular weight is 345 g/mol. The van der Waals surface area contributed by atoms with Crippen molar-refractivity contribution in [1.29, 1.82) is 0 Å². The Kier molecular flexibility index (Phi) is 4.11. The number of halogens is 1. The second-order valence-corrected chi connectivity index (χ2v) is 6.31. The minimum Gasteiger partial charge on any atom is -0.497 e. The maximum Gasteiger partial charge on any atom is 0.141 e. The number of Topliss-reactive ketones (excluding diaryl/α,β-unsaturated/α-hetero) is 1. The van der Waals surface area contributed by atoms with E-state index in [2.05, 4.69) is 28.1 Å². The molecule has 0 saturated heterocycles. The number of ether oxygens (including phenoxy) is 1. The van der Waals surface area contributed by atoms with Gasteiger partial charge in [0.05, 0.1) is 7.11 Å². The van der Waals surface area contributed by atoms with Gasteiger partial charge in [-0.2, -0.15) is 0 Å². The molecule has 3 rings (SSSR count). The summed E-state index contributed by atoms with van der Waals surface area (Å²) in [4.78, 5) is 12.4. The highest BCUT2D eigenvalue weighted by atomic mass is 79.9. The molecule has 2 nitrogen and oxygen atoms in total. The predicted molar refractivity (Wildman–Crippen MR) is 86.7 cm³/mol. The molecular formula is C18H17BrO2.